The molecule has 0 spiro atoms. The molecule has 0 aliphatic carbocycles. The van der Waals surface area contributed by atoms with E-state index in [0.717, 1.165) is 23.2 Å². The fourth-order valence-corrected chi connectivity index (χ4v) is 3.80. The summed E-state index contributed by atoms with van der Waals surface area (Å²) in [6.07, 6.45) is 0. The smallest absolute Gasteiger partial charge is 0.262 e. The van der Waals surface area contributed by atoms with Gasteiger partial charge in [-0.1, -0.05) is 24.3 Å². The Kier molecular flexibility index (Phi) is 4.12. The molecule has 1 heterocycles. The molecular formula is C19H13F2N3O2S. The van der Waals surface area contributed by atoms with Crippen molar-refractivity contribution in [3.05, 3.63) is 78.4 Å². The van der Waals surface area contributed by atoms with Gasteiger partial charge in [-0.25, -0.2) is 22.2 Å². The van der Waals surface area contributed by atoms with Gasteiger partial charge in [0.1, 0.15) is 5.82 Å². The molecular weight excluding hydrogens is 372 g/mol. The van der Waals surface area contributed by atoms with Gasteiger partial charge in [0.15, 0.2) is 11.6 Å². The van der Waals surface area contributed by atoms with Gasteiger partial charge in [0.05, 0.1) is 21.6 Å². The summed E-state index contributed by atoms with van der Waals surface area (Å²) in [6.45, 7) is 0. The van der Waals surface area contributed by atoms with Gasteiger partial charge in [-0.15, -0.1) is 0 Å². The summed E-state index contributed by atoms with van der Waals surface area (Å²) >= 11 is 0. The highest BCUT2D eigenvalue weighted by Gasteiger charge is 2.19. The lowest BCUT2D eigenvalue weighted by atomic mass is 10.2. The molecule has 0 aliphatic heterocycles. The molecule has 4 rings (SSSR count). The molecule has 0 amide bonds. The Labute approximate surface area is 153 Å². The Hall–Kier alpha value is -3.26. The van der Waals surface area contributed by atoms with Crippen LogP contribution in [0.4, 0.5) is 14.5 Å². The highest BCUT2D eigenvalue weighted by Crippen LogP contribution is 2.29. The van der Waals surface area contributed by atoms with Crippen molar-refractivity contribution in [2.75, 3.05) is 4.72 Å². The summed E-state index contributed by atoms with van der Waals surface area (Å²) in [7, 11) is -4.11. The number of aromatic amines is 1. The first-order valence-corrected chi connectivity index (χ1v) is 9.44. The number of aromatic nitrogens is 2. The van der Waals surface area contributed by atoms with Crippen LogP contribution in [0, 0.1) is 11.6 Å². The van der Waals surface area contributed by atoms with E-state index < -0.39 is 21.7 Å². The van der Waals surface area contributed by atoms with E-state index in [1.54, 1.807) is 24.3 Å². The maximum absolute atomic E-state index is 13.4. The van der Waals surface area contributed by atoms with E-state index in [4.69, 9.17) is 0 Å². The van der Waals surface area contributed by atoms with Crippen LogP contribution < -0.4 is 4.72 Å². The molecule has 0 atom stereocenters. The molecule has 27 heavy (non-hydrogen) atoms. The average molecular weight is 385 g/mol. The monoisotopic (exact) mass is 385 g/mol. The summed E-state index contributed by atoms with van der Waals surface area (Å²) in [5.41, 5.74) is 2.35. The minimum Gasteiger partial charge on any atom is -0.338 e. The van der Waals surface area contributed by atoms with Crippen LogP contribution >= 0.6 is 0 Å². The second kappa shape index (κ2) is 6.48. The highest BCUT2D eigenvalue weighted by atomic mass is 32.2. The highest BCUT2D eigenvalue weighted by molar-refractivity contribution is 7.92. The Morgan fingerprint density at radius 3 is 2.41 bits per heavy atom. The molecule has 0 aliphatic rings. The molecule has 5 nitrogen and oxygen atoms in total. The largest absolute Gasteiger partial charge is 0.338 e. The Balaban J connectivity index is 1.75. The number of rotatable bonds is 4. The number of H-pyrrole nitrogens is 1. The van der Waals surface area contributed by atoms with E-state index in [-0.39, 0.29) is 10.6 Å². The predicted octanol–water partition coefficient (Wildman–Crippen LogP) is 4.31. The van der Waals surface area contributed by atoms with Crippen molar-refractivity contribution in [3.63, 3.8) is 0 Å². The van der Waals surface area contributed by atoms with E-state index in [1.807, 2.05) is 24.3 Å². The number of anilines is 1. The van der Waals surface area contributed by atoms with Gasteiger partial charge in [0, 0.05) is 5.56 Å². The topological polar surface area (TPSA) is 74.8 Å². The van der Waals surface area contributed by atoms with Crippen LogP contribution in [0.1, 0.15) is 0 Å². The number of sulfonamides is 1. The van der Waals surface area contributed by atoms with Gasteiger partial charge in [-0.2, -0.15) is 0 Å². The number of para-hydroxylation sites is 3. The fraction of sp³-hybridized carbons (Fsp3) is 0. The molecule has 3 aromatic carbocycles. The van der Waals surface area contributed by atoms with Crippen molar-refractivity contribution in [3.8, 4) is 11.4 Å². The van der Waals surface area contributed by atoms with Gasteiger partial charge in [-0.05, 0) is 42.5 Å². The zero-order valence-corrected chi connectivity index (χ0v) is 14.6. The Bertz CT molecular complexity index is 1220. The molecule has 0 unspecified atom stereocenters. The van der Waals surface area contributed by atoms with Crippen molar-refractivity contribution in [1.29, 1.82) is 0 Å². The maximum atomic E-state index is 13.4. The molecule has 1 aromatic heterocycles. The van der Waals surface area contributed by atoms with Gasteiger partial charge >= 0.3 is 0 Å². The van der Waals surface area contributed by atoms with E-state index >= 15 is 0 Å². The predicted molar refractivity (Wildman–Crippen MR) is 98.7 cm³/mol. The van der Waals surface area contributed by atoms with Crippen molar-refractivity contribution in [1.82, 2.24) is 9.97 Å². The first-order valence-electron chi connectivity index (χ1n) is 7.96. The van der Waals surface area contributed by atoms with Crippen LogP contribution in [0.15, 0.2) is 71.6 Å². The summed E-state index contributed by atoms with van der Waals surface area (Å²) < 4.78 is 54.1. The van der Waals surface area contributed by atoms with Crippen LogP contribution in [0.5, 0.6) is 0 Å². The summed E-state index contributed by atoms with van der Waals surface area (Å²) in [5, 5.41) is 0. The number of halogens is 2. The van der Waals surface area contributed by atoms with Gasteiger partial charge in [0.2, 0.25) is 0 Å². The third-order valence-corrected chi connectivity index (χ3v) is 5.38. The lowest BCUT2D eigenvalue weighted by molar-refractivity contribution is 0.504. The quantitative estimate of drug-likeness (QED) is 0.550. The molecule has 2 N–H and O–H groups in total. The van der Waals surface area contributed by atoms with Crippen molar-refractivity contribution < 1.29 is 17.2 Å². The third kappa shape index (κ3) is 3.26. The number of nitrogens with zero attached hydrogens (tertiary/aromatic N) is 1. The number of nitrogens with one attached hydrogen (secondary N) is 2. The van der Waals surface area contributed by atoms with Crippen molar-refractivity contribution in [2.24, 2.45) is 0 Å². The fourth-order valence-electron chi connectivity index (χ4n) is 2.71. The van der Waals surface area contributed by atoms with E-state index in [1.165, 1.54) is 0 Å². The van der Waals surface area contributed by atoms with Crippen LogP contribution in [0.25, 0.3) is 22.4 Å². The normalized spacial score (nSPS) is 11.6. The van der Waals surface area contributed by atoms with Crippen LogP contribution in [0.2, 0.25) is 0 Å². The molecule has 136 valence electrons. The van der Waals surface area contributed by atoms with Crippen molar-refractivity contribution in [2.45, 2.75) is 4.90 Å². The zero-order valence-electron chi connectivity index (χ0n) is 13.8. The van der Waals surface area contributed by atoms with Gasteiger partial charge in [0.25, 0.3) is 10.0 Å². The van der Waals surface area contributed by atoms with Crippen LogP contribution in [-0.2, 0) is 10.0 Å². The summed E-state index contributed by atoms with van der Waals surface area (Å²) in [4.78, 5) is 7.24. The standard InChI is InChI=1S/C19H13F2N3O2S/c20-14-10-9-12(11-15(14)21)27(25,26)24-16-6-2-1-5-13(16)19-22-17-7-3-4-8-18(17)23-19/h1-11,24H,(H,22,23). The number of fused-ring (bicyclic) bond motifs is 1. The minimum atomic E-state index is -4.11. The number of hydrogen-bond donors (Lipinski definition) is 2. The lowest BCUT2D eigenvalue weighted by Crippen LogP contribution is -2.14. The van der Waals surface area contributed by atoms with Crippen molar-refractivity contribution >= 4 is 26.7 Å². The minimum absolute atomic E-state index is 0.265. The van der Waals surface area contributed by atoms with E-state index in [0.29, 0.717) is 17.5 Å². The molecule has 0 bridgehead atoms. The summed E-state index contributed by atoms with van der Waals surface area (Å²) in [5.74, 6) is -1.86. The van der Waals surface area contributed by atoms with Crippen LogP contribution in [-0.4, -0.2) is 18.4 Å². The average Bonchev–Trinajstić information content (AvgIpc) is 3.08. The second-order valence-corrected chi connectivity index (χ2v) is 7.51. The first kappa shape index (κ1) is 17.2. The maximum Gasteiger partial charge on any atom is 0.262 e. The second-order valence-electron chi connectivity index (χ2n) is 5.83. The SMILES string of the molecule is O=S(=O)(Nc1ccccc1-c1nc2ccccc2[nH]1)c1ccc(F)c(F)c1. The molecule has 0 saturated heterocycles. The molecule has 0 saturated carbocycles. The summed E-state index contributed by atoms with van der Waals surface area (Å²) in [6, 6.07) is 16.5. The Morgan fingerprint density at radius 1 is 0.889 bits per heavy atom. The Morgan fingerprint density at radius 2 is 1.63 bits per heavy atom. The number of benzene rings is 3. The number of imidazole rings is 1. The molecule has 4 aromatic rings. The first-order chi connectivity index (χ1) is 12.9. The molecule has 0 radical (unpaired) electrons. The lowest BCUT2D eigenvalue weighted by Gasteiger charge is -2.11. The molecule has 8 heteroatoms. The zero-order chi connectivity index (χ0) is 19.0. The van der Waals surface area contributed by atoms with E-state index in [9.17, 15) is 17.2 Å². The molecule has 0 fully saturated rings. The number of hydrogen-bond acceptors (Lipinski definition) is 3. The van der Waals surface area contributed by atoms with Gasteiger partial charge in [-0.3, -0.25) is 4.72 Å². The van der Waals surface area contributed by atoms with Gasteiger partial charge < -0.3 is 4.98 Å². The van der Waals surface area contributed by atoms with Crippen LogP contribution in [0.3, 0.4) is 0 Å². The van der Waals surface area contributed by atoms with E-state index in [2.05, 4.69) is 14.7 Å². The third-order valence-electron chi connectivity index (χ3n) is 4.02.